The van der Waals surface area contributed by atoms with Gasteiger partial charge in [0.05, 0.1) is 36.0 Å². The van der Waals surface area contributed by atoms with Gasteiger partial charge in [-0.2, -0.15) is 0 Å². The van der Waals surface area contributed by atoms with Gasteiger partial charge in [-0.25, -0.2) is 0 Å². The zero-order valence-corrected chi connectivity index (χ0v) is 19.8. The van der Waals surface area contributed by atoms with Crippen molar-refractivity contribution in [3.8, 4) is 17.2 Å². The van der Waals surface area contributed by atoms with Crippen molar-refractivity contribution >= 4 is 19.4 Å². The Morgan fingerprint density at radius 3 is 2.60 bits per heavy atom. The molecule has 9 nitrogen and oxygen atoms in total. The van der Waals surface area contributed by atoms with Crippen LogP contribution in [-0.4, -0.2) is 71.9 Å². The van der Waals surface area contributed by atoms with Crippen LogP contribution in [0.3, 0.4) is 0 Å². The normalized spacial score (nSPS) is 29.7. The fraction of sp³-hybridized carbons (Fsp3) is 0.440. The number of hydrogen-bond donors (Lipinski definition) is 4. The van der Waals surface area contributed by atoms with Gasteiger partial charge in [0.15, 0.2) is 5.78 Å². The number of methoxy groups -OCH3 is 1. The number of aromatic hydroxyl groups is 1. The topological polar surface area (TPSA) is 149 Å². The molecule has 2 aliphatic carbocycles. The number of nitrogens with two attached hydrogens (primary N) is 1. The van der Waals surface area contributed by atoms with Crippen LogP contribution in [0, 0.1) is 0 Å². The van der Waals surface area contributed by atoms with Crippen molar-refractivity contribution in [3.05, 3.63) is 51.6 Å². The molecule has 0 amide bonds. The molecule has 0 aromatic heterocycles. The summed E-state index contributed by atoms with van der Waals surface area (Å²) in [4.78, 5) is 27.5. The lowest BCUT2D eigenvalue weighted by Crippen LogP contribution is -2.52. The predicted molar refractivity (Wildman–Crippen MR) is 127 cm³/mol. The maximum Gasteiger partial charge on any atom is 0.202 e. The Labute approximate surface area is 203 Å². The number of fused-ring (bicyclic) bond motifs is 3. The number of carbonyl (C=O) groups is 2. The molecule has 184 valence electrons. The van der Waals surface area contributed by atoms with Crippen molar-refractivity contribution in [2.75, 3.05) is 7.11 Å². The lowest BCUT2D eigenvalue weighted by molar-refractivity contribution is -0.186. The van der Waals surface area contributed by atoms with Gasteiger partial charge in [-0.1, -0.05) is 12.1 Å². The molecule has 5 rings (SSSR count). The molecular weight excluding hydrogens is 453 g/mol. The van der Waals surface area contributed by atoms with Crippen molar-refractivity contribution in [2.24, 2.45) is 5.73 Å². The van der Waals surface area contributed by atoms with Crippen LogP contribution in [0.5, 0.6) is 17.2 Å². The number of phenols is 1. The first-order chi connectivity index (χ1) is 16.5. The Hall–Kier alpha value is -2.92. The van der Waals surface area contributed by atoms with Crippen LogP contribution in [-0.2, 0) is 17.6 Å². The van der Waals surface area contributed by atoms with E-state index in [-0.39, 0.29) is 52.3 Å². The fourth-order valence-corrected chi connectivity index (χ4v) is 5.38. The summed E-state index contributed by atoms with van der Waals surface area (Å²) < 4.78 is 17.4. The summed E-state index contributed by atoms with van der Waals surface area (Å²) in [6.45, 7) is 1.68. The van der Waals surface area contributed by atoms with Gasteiger partial charge >= 0.3 is 0 Å². The number of ketones is 2. The summed E-state index contributed by atoms with van der Waals surface area (Å²) in [7, 11) is 3.07. The van der Waals surface area contributed by atoms with Crippen molar-refractivity contribution < 1.29 is 39.1 Å². The van der Waals surface area contributed by atoms with Gasteiger partial charge in [-0.05, 0) is 32.3 Å². The van der Waals surface area contributed by atoms with Crippen molar-refractivity contribution in [3.63, 3.8) is 0 Å². The van der Waals surface area contributed by atoms with E-state index in [4.69, 9.17) is 19.9 Å². The van der Waals surface area contributed by atoms with Crippen molar-refractivity contribution in [1.82, 2.24) is 0 Å². The van der Waals surface area contributed by atoms with Gasteiger partial charge < -0.3 is 35.3 Å². The standard InChI is InChI=1S/C25H28BNO8/c1-10-20(28)14(27)8-16(34-10)35-24-11-6-7-25(26,32)9-13(11)22(30)18-19(24)23(31)17-12(21(18)29)4-3-5-15(17)33-2/h3-5,10,14,16,20,28,30,32H,6-9,26-27H2,1-2H3. The summed E-state index contributed by atoms with van der Waals surface area (Å²) >= 11 is 0. The third-order valence-electron chi connectivity index (χ3n) is 7.28. The number of benzene rings is 2. The average Bonchev–Trinajstić information content (AvgIpc) is 2.81. The van der Waals surface area contributed by atoms with Gasteiger partial charge in [0.1, 0.15) is 25.1 Å². The molecule has 3 aliphatic rings. The number of ether oxygens (including phenoxy) is 3. The zero-order chi connectivity index (χ0) is 25.2. The third-order valence-corrected chi connectivity index (χ3v) is 7.28. The van der Waals surface area contributed by atoms with Gasteiger partial charge in [0, 0.05) is 34.7 Å². The number of aliphatic hydroxyl groups is 2. The van der Waals surface area contributed by atoms with E-state index in [0.717, 1.165) is 0 Å². The molecule has 0 saturated carbocycles. The molecule has 10 heteroatoms. The molecule has 1 saturated heterocycles. The van der Waals surface area contributed by atoms with E-state index in [0.29, 0.717) is 24.0 Å². The first-order valence-corrected chi connectivity index (χ1v) is 11.7. The van der Waals surface area contributed by atoms with Gasteiger partial charge in [-0.3, -0.25) is 9.59 Å². The molecule has 35 heavy (non-hydrogen) atoms. The molecule has 0 spiro atoms. The van der Waals surface area contributed by atoms with Crippen LogP contribution in [0.15, 0.2) is 18.2 Å². The Morgan fingerprint density at radius 1 is 1.17 bits per heavy atom. The van der Waals surface area contributed by atoms with E-state index in [1.807, 2.05) is 0 Å². The Bertz CT molecular complexity index is 1230. The van der Waals surface area contributed by atoms with Gasteiger partial charge in [-0.15, -0.1) is 0 Å². The quantitative estimate of drug-likeness (QED) is 0.385. The highest BCUT2D eigenvalue weighted by Gasteiger charge is 2.44. The molecule has 2 aromatic carbocycles. The van der Waals surface area contributed by atoms with E-state index >= 15 is 0 Å². The van der Waals surface area contributed by atoms with E-state index < -0.39 is 41.6 Å². The molecule has 5 N–H and O–H groups in total. The van der Waals surface area contributed by atoms with Crippen LogP contribution in [0.1, 0.15) is 62.7 Å². The van der Waals surface area contributed by atoms with Crippen LogP contribution >= 0.6 is 0 Å². The maximum atomic E-state index is 13.9. The molecule has 5 atom stereocenters. The van der Waals surface area contributed by atoms with E-state index in [9.17, 15) is 24.9 Å². The highest BCUT2D eigenvalue weighted by Crippen LogP contribution is 2.48. The molecule has 1 fully saturated rings. The molecule has 0 bridgehead atoms. The molecule has 1 heterocycles. The van der Waals surface area contributed by atoms with E-state index in [2.05, 4.69) is 0 Å². The summed E-state index contributed by atoms with van der Waals surface area (Å²) in [5.74, 6) is -0.983. The lowest BCUT2D eigenvalue weighted by Gasteiger charge is -2.38. The SMILES string of the molecule is BC1(O)CCc2c(c(O)c3c(c2OC2CC(N)C(O)C(C)O2)C(=O)c2c(OC)cccc2C3=O)C1. The largest absolute Gasteiger partial charge is 0.507 e. The molecule has 1 aliphatic heterocycles. The predicted octanol–water partition coefficient (Wildman–Crippen LogP) is 0.188. The number of rotatable bonds is 3. The minimum atomic E-state index is -1.10. The lowest BCUT2D eigenvalue weighted by atomic mass is 9.67. The summed E-state index contributed by atoms with van der Waals surface area (Å²) in [6, 6.07) is 4.11. The summed E-state index contributed by atoms with van der Waals surface area (Å²) in [6.07, 6.45) is -1.42. The first-order valence-electron chi connectivity index (χ1n) is 11.7. The van der Waals surface area contributed by atoms with Gasteiger partial charge in [0.25, 0.3) is 0 Å². The molecular formula is C25H28BNO8. The summed E-state index contributed by atoms with van der Waals surface area (Å²) in [5.41, 5.74) is 5.91. The second kappa shape index (κ2) is 8.34. The van der Waals surface area contributed by atoms with E-state index in [1.165, 1.54) is 13.2 Å². The molecule has 0 radical (unpaired) electrons. The van der Waals surface area contributed by atoms with Crippen LogP contribution < -0.4 is 15.2 Å². The Morgan fingerprint density at radius 2 is 1.91 bits per heavy atom. The Balaban J connectivity index is 1.72. The number of phenolic OH excluding ortho intramolecular Hbond substituents is 1. The van der Waals surface area contributed by atoms with Crippen LogP contribution in [0.4, 0.5) is 0 Å². The minimum absolute atomic E-state index is 0.0549. The van der Waals surface area contributed by atoms with Crippen LogP contribution in [0.2, 0.25) is 0 Å². The van der Waals surface area contributed by atoms with Crippen molar-refractivity contribution in [2.45, 2.75) is 62.6 Å². The second-order valence-electron chi connectivity index (χ2n) is 9.88. The Kier molecular flexibility index (Phi) is 5.67. The summed E-state index contributed by atoms with van der Waals surface area (Å²) in [5, 5.41) is 32.1. The average molecular weight is 481 g/mol. The third kappa shape index (κ3) is 3.72. The fourth-order valence-electron chi connectivity index (χ4n) is 5.38. The maximum absolute atomic E-state index is 13.9. The second-order valence-corrected chi connectivity index (χ2v) is 9.88. The minimum Gasteiger partial charge on any atom is -0.507 e. The van der Waals surface area contributed by atoms with Gasteiger partial charge in [0.2, 0.25) is 12.1 Å². The van der Waals surface area contributed by atoms with E-state index in [1.54, 1.807) is 26.9 Å². The molecule has 5 unspecified atom stereocenters. The number of hydrogen-bond acceptors (Lipinski definition) is 9. The van der Waals surface area contributed by atoms with Crippen molar-refractivity contribution in [1.29, 1.82) is 0 Å². The smallest absolute Gasteiger partial charge is 0.202 e. The zero-order valence-electron chi connectivity index (χ0n) is 19.8. The highest BCUT2D eigenvalue weighted by molar-refractivity contribution is 6.31. The highest BCUT2D eigenvalue weighted by atomic mass is 16.7. The number of aliphatic hydroxyl groups excluding tert-OH is 1. The monoisotopic (exact) mass is 481 g/mol. The van der Waals surface area contributed by atoms with Crippen LogP contribution in [0.25, 0.3) is 0 Å². The first kappa shape index (κ1) is 23.8. The number of carbonyl (C=O) groups excluding carboxylic acids is 2. The molecule has 2 aromatic rings.